The molecule has 0 unspecified atom stereocenters. The summed E-state index contributed by atoms with van der Waals surface area (Å²) >= 11 is 0. The molecule has 0 heterocycles. The van der Waals surface area contributed by atoms with Crippen LogP contribution < -0.4 is 14.8 Å². The summed E-state index contributed by atoms with van der Waals surface area (Å²) in [6, 6.07) is 21.1. The van der Waals surface area contributed by atoms with E-state index in [0.717, 1.165) is 17.7 Å². The highest BCUT2D eigenvalue weighted by atomic mass is 19.4. The summed E-state index contributed by atoms with van der Waals surface area (Å²) in [4.78, 5) is 26.0. The van der Waals surface area contributed by atoms with Gasteiger partial charge in [0.1, 0.15) is 18.1 Å². The number of halogens is 3. The van der Waals surface area contributed by atoms with E-state index in [9.17, 15) is 22.8 Å². The Labute approximate surface area is 201 Å². The highest BCUT2D eigenvalue weighted by Gasteiger charge is 2.33. The molecule has 0 spiro atoms. The maximum atomic E-state index is 13.1. The van der Waals surface area contributed by atoms with Crippen LogP contribution in [0.1, 0.15) is 18.1 Å². The molecule has 0 aliphatic heterocycles. The molecule has 9 heteroatoms. The van der Waals surface area contributed by atoms with Gasteiger partial charge in [0.25, 0.3) is 5.91 Å². The Kier molecular flexibility index (Phi) is 8.72. The predicted molar refractivity (Wildman–Crippen MR) is 125 cm³/mol. The number of anilines is 1. The average Bonchev–Trinajstić information content (AvgIpc) is 2.85. The largest absolute Gasteiger partial charge is 0.489 e. The zero-order valence-corrected chi connectivity index (χ0v) is 19.0. The van der Waals surface area contributed by atoms with Crippen LogP contribution in [-0.4, -0.2) is 36.4 Å². The van der Waals surface area contributed by atoms with Crippen molar-refractivity contribution in [3.05, 3.63) is 90.0 Å². The molecule has 0 atom stereocenters. The van der Waals surface area contributed by atoms with Crippen LogP contribution in [-0.2, 0) is 22.4 Å². The number of rotatable bonds is 10. The van der Waals surface area contributed by atoms with Crippen LogP contribution in [0.4, 0.5) is 18.9 Å². The molecule has 6 nitrogen and oxygen atoms in total. The van der Waals surface area contributed by atoms with E-state index in [1.165, 1.54) is 17.0 Å². The van der Waals surface area contributed by atoms with Gasteiger partial charge in [-0.2, -0.15) is 13.2 Å². The van der Waals surface area contributed by atoms with Crippen molar-refractivity contribution < 1.29 is 32.2 Å². The molecule has 0 aliphatic rings. The van der Waals surface area contributed by atoms with Gasteiger partial charge in [-0.3, -0.25) is 9.59 Å². The highest BCUT2D eigenvalue weighted by Crippen LogP contribution is 2.34. The highest BCUT2D eigenvalue weighted by molar-refractivity contribution is 5.95. The SMILES string of the molecule is CCN(CC(=O)Nc1ccccc1C(F)(F)F)C(=O)COc1ccc(OCc2ccccc2)cc1. The molecular weight excluding hydrogens is 461 g/mol. The fourth-order valence-corrected chi connectivity index (χ4v) is 3.19. The number of nitrogens with zero attached hydrogens (tertiary/aromatic N) is 1. The molecule has 35 heavy (non-hydrogen) atoms. The molecule has 0 bridgehead atoms. The Hall–Kier alpha value is -4.01. The number of hydrogen-bond acceptors (Lipinski definition) is 4. The van der Waals surface area contributed by atoms with Crippen molar-refractivity contribution in [2.75, 3.05) is 25.0 Å². The summed E-state index contributed by atoms with van der Waals surface area (Å²) in [5, 5.41) is 2.23. The zero-order chi connectivity index (χ0) is 25.3. The Balaban J connectivity index is 1.49. The van der Waals surface area contributed by atoms with Crippen molar-refractivity contribution in [1.29, 1.82) is 0 Å². The first-order valence-corrected chi connectivity index (χ1v) is 10.9. The number of hydrogen-bond donors (Lipinski definition) is 1. The minimum atomic E-state index is -4.61. The van der Waals surface area contributed by atoms with E-state index >= 15 is 0 Å². The van der Waals surface area contributed by atoms with Gasteiger partial charge in [-0.25, -0.2) is 0 Å². The molecule has 1 N–H and O–H groups in total. The Morgan fingerprint density at radius 1 is 0.857 bits per heavy atom. The molecule has 2 amide bonds. The van der Waals surface area contributed by atoms with Crippen molar-refractivity contribution in [1.82, 2.24) is 4.90 Å². The van der Waals surface area contributed by atoms with Crippen molar-refractivity contribution in [3.8, 4) is 11.5 Å². The Bertz CT molecular complexity index is 1120. The first-order chi connectivity index (χ1) is 16.8. The van der Waals surface area contributed by atoms with E-state index < -0.39 is 30.1 Å². The number of alkyl halides is 3. The zero-order valence-electron chi connectivity index (χ0n) is 19.0. The van der Waals surface area contributed by atoms with Crippen LogP contribution in [0.5, 0.6) is 11.5 Å². The van der Waals surface area contributed by atoms with Gasteiger partial charge < -0.3 is 19.7 Å². The third-order valence-corrected chi connectivity index (χ3v) is 5.01. The van der Waals surface area contributed by atoms with Gasteiger partial charge in [0.15, 0.2) is 6.61 Å². The minimum Gasteiger partial charge on any atom is -0.489 e. The van der Waals surface area contributed by atoms with Crippen LogP contribution in [0.25, 0.3) is 0 Å². The fourth-order valence-electron chi connectivity index (χ4n) is 3.19. The van der Waals surface area contributed by atoms with Gasteiger partial charge in [-0.15, -0.1) is 0 Å². The van der Waals surface area contributed by atoms with Gasteiger partial charge in [-0.1, -0.05) is 42.5 Å². The molecule has 0 radical (unpaired) electrons. The molecule has 0 fully saturated rings. The summed E-state index contributed by atoms with van der Waals surface area (Å²) in [5.41, 5.74) is -0.286. The first kappa shape index (κ1) is 25.6. The first-order valence-electron chi connectivity index (χ1n) is 10.9. The van der Waals surface area contributed by atoms with Crippen LogP contribution in [0.15, 0.2) is 78.9 Å². The fraction of sp³-hybridized carbons (Fsp3) is 0.231. The number of nitrogens with one attached hydrogen (secondary N) is 1. The molecule has 0 aromatic heterocycles. The number of ether oxygens (including phenoxy) is 2. The topological polar surface area (TPSA) is 67.9 Å². The summed E-state index contributed by atoms with van der Waals surface area (Å²) in [6.07, 6.45) is -4.61. The lowest BCUT2D eigenvalue weighted by atomic mass is 10.1. The van der Waals surface area contributed by atoms with Crippen molar-refractivity contribution >= 4 is 17.5 Å². The number of likely N-dealkylation sites (N-methyl/N-ethyl adjacent to an activating group) is 1. The summed E-state index contributed by atoms with van der Waals surface area (Å²) in [7, 11) is 0. The maximum Gasteiger partial charge on any atom is 0.418 e. The third-order valence-electron chi connectivity index (χ3n) is 5.01. The number of benzene rings is 3. The van der Waals surface area contributed by atoms with E-state index in [1.807, 2.05) is 30.3 Å². The standard InChI is InChI=1S/C26H25F3N2O4/c1-2-31(16-24(32)30-23-11-7-6-10-22(23)26(27,28)29)25(33)18-35-21-14-12-20(13-15-21)34-17-19-8-4-3-5-9-19/h3-15H,2,16-18H2,1H3,(H,30,32). The smallest absolute Gasteiger partial charge is 0.418 e. The maximum absolute atomic E-state index is 13.1. The Morgan fingerprint density at radius 3 is 2.09 bits per heavy atom. The lowest BCUT2D eigenvalue weighted by Gasteiger charge is -2.21. The molecular formula is C26H25F3N2O4. The van der Waals surface area contributed by atoms with E-state index in [-0.39, 0.29) is 18.8 Å². The minimum absolute atomic E-state index is 0.183. The molecule has 3 aromatic carbocycles. The number of amides is 2. The van der Waals surface area contributed by atoms with Gasteiger partial charge in [0, 0.05) is 6.54 Å². The van der Waals surface area contributed by atoms with Crippen molar-refractivity contribution in [2.45, 2.75) is 19.7 Å². The summed E-state index contributed by atoms with van der Waals surface area (Å²) < 4.78 is 50.6. The van der Waals surface area contributed by atoms with Crippen LogP contribution in [0, 0.1) is 0 Å². The molecule has 0 aliphatic carbocycles. The van der Waals surface area contributed by atoms with Gasteiger partial charge >= 0.3 is 6.18 Å². The second-order valence-electron chi connectivity index (χ2n) is 7.53. The Morgan fingerprint density at radius 2 is 1.46 bits per heavy atom. The third kappa shape index (κ3) is 7.77. The molecule has 3 rings (SSSR count). The second-order valence-corrected chi connectivity index (χ2v) is 7.53. The summed E-state index contributed by atoms with van der Waals surface area (Å²) in [6.45, 7) is 1.53. The predicted octanol–water partition coefficient (Wildman–Crippen LogP) is 5.15. The molecule has 0 saturated heterocycles. The quantitative estimate of drug-likeness (QED) is 0.430. The molecule has 184 valence electrons. The average molecular weight is 486 g/mol. The lowest BCUT2D eigenvalue weighted by molar-refractivity contribution is -0.137. The number of carbonyl (C=O) groups excluding carboxylic acids is 2. The van der Waals surface area contributed by atoms with Crippen molar-refractivity contribution in [3.63, 3.8) is 0 Å². The van der Waals surface area contributed by atoms with E-state index in [0.29, 0.717) is 18.1 Å². The van der Waals surface area contributed by atoms with E-state index in [1.54, 1.807) is 31.2 Å². The van der Waals surface area contributed by atoms with Gasteiger partial charge in [-0.05, 0) is 48.9 Å². The van der Waals surface area contributed by atoms with Crippen molar-refractivity contribution in [2.24, 2.45) is 0 Å². The van der Waals surface area contributed by atoms with Gasteiger partial charge in [0.2, 0.25) is 5.91 Å². The lowest BCUT2D eigenvalue weighted by Crippen LogP contribution is -2.40. The van der Waals surface area contributed by atoms with E-state index in [2.05, 4.69) is 5.32 Å². The van der Waals surface area contributed by atoms with Crippen LogP contribution >= 0.6 is 0 Å². The van der Waals surface area contributed by atoms with Crippen LogP contribution in [0.2, 0.25) is 0 Å². The van der Waals surface area contributed by atoms with Crippen LogP contribution in [0.3, 0.4) is 0 Å². The number of para-hydroxylation sites is 1. The van der Waals surface area contributed by atoms with Gasteiger partial charge in [0.05, 0.1) is 17.8 Å². The summed E-state index contributed by atoms with van der Waals surface area (Å²) in [5.74, 6) is -0.142. The second kappa shape index (κ2) is 11.9. The monoisotopic (exact) mass is 486 g/mol. The molecule has 3 aromatic rings. The molecule has 0 saturated carbocycles. The van der Waals surface area contributed by atoms with E-state index in [4.69, 9.17) is 9.47 Å². The normalized spacial score (nSPS) is 11.0. The number of carbonyl (C=O) groups is 2.